The lowest BCUT2D eigenvalue weighted by Gasteiger charge is -2.33. The molecule has 0 saturated heterocycles. The van der Waals surface area contributed by atoms with Crippen molar-refractivity contribution in [2.24, 2.45) is 0 Å². The van der Waals surface area contributed by atoms with Gasteiger partial charge in [-0.3, -0.25) is 0 Å². The number of rotatable bonds is 10. The van der Waals surface area contributed by atoms with Gasteiger partial charge in [-0.1, -0.05) is 24.3 Å². The van der Waals surface area contributed by atoms with Gasteiger partial charge < -0.3 is 34.1 Å². The first kappa shape index (κ1) is 26.4. The van der Waals surface area contributed by atoms with Crippen molar-refractivity contribution >= 4 is 0 Å². The second-order valence-corrected chi connectivity index (χ2v) is 10.1. The number of hydrogen-bond acceptors (Lipinski definition) is 7. The van der Waals surface area contributed by atoms with Gasteiger partial charge in [-0.15, -0.1) is 0 Å². The van der Waals surface area contributed by atoms with Crippen LogP contribution < -0.4 is 19.5 Å². The van der Waals surface area contributed by atoms with E-state index in [1.165, 1.54) is 12.1 Å². The molecule has 0 unspecified atom stereocenters. The summed E-state index contributed by atoms with van der Waals surface area (Å²) in [7, 11) is 0. The summed E-state index contributed by atoms with van der Waals surface area (Å²) in [5, 5.41) is 14.0. The highest BCUT2D eigenvalue weighted by molar-refractivity contribution is 5.44. The van der Waals surface area contributed by atoms with Crippen LogP contribution in [-0.4, -0.2) is 43.3 Å². The van der Waals surface area contributed by atoms with Gasteiger partial charge in [-0.2, -0.15) is 0 Å². The molecule has 0 radical (unpaired) electrons. The van der Waals surface area contributed by atoms with Crippen LogP contribution >= 0.6 is 0 Å². The molecule has 0 bridgehead atoms. The van der Waals surface area contributed by atoms with Crippen LogP contribution in [0.4, 0.5) is 4.39 Å². The summed E-state index contributed by atoms with van der Waals surface area (Å²) in [6.07, 6.45) is -0.0770. The van der Waals surface area contributed by atoms with E-state index in [1.807, 2.05) is 50.2 Å². The van der Waals surface area contributed by atoms with Crippen molar-refractivity contribution in [1.82, 2.24) is 5.32 Å². The Balaban J connectivity index is 1.06. The zero-order valence-electron chi connectivity index (χ0n) is 21.7. The Labute approximate surface area is 222 Å². The molecule has 0 aliphatic carbocycles. The molecule has 5 rings (SSSR count). The number of fused-ring (bicyclic) bond motifs is 2. The van der Waals surface area contributed by atoms with Crippen molar-refractivity contribution in [2.45, 2.75) is 51.5 Å². The lowest BCUT2D eigenvalue weighted by atomic mass is 10.0. The van der Waals surface area contributed by atoms with Crippen molar-refractivity contribution in [3.05, 3.63) is 88.7 Å². The highest BCUT2D eigenvalue weighted by Crippen LogP contribution is 2.34. The van der Waals surface area contributed by atoms with Crippen LogP contribution in [0.2, 0.25) is 0 Å². The Hall–Kier alpha value is -3.17. The fraction of sp³-hybridized carbons (Fsp3) is 0.400. The van der Waals surface area contributed by atoms with E-state index in [9.17, 15) is 9.50 Å². The summed E-state index contributed by atoms with van der Waals surface area (Å²) >= 11 is 0. The molecule has 2 aliphatic heterocycles. The minimum atomic E-state index is -0.636. The first-order valence-electron chi connectivity index (χ1n) is 12.9. The number of halogens is 1. The van der Waals surface area contributed by atoms with Crippen molar-refractivity contribution in [3.8, 4) is 17.2 Å². The molecule has 2 aliphatic rings. The van der Waals surface area contributed by atoms with Crippen molar-refractivity contribution in [3.63, 3.8) is 0 Å². The predicted octanol–water partition coefficient (Wildman–Crippen LogP) is 4.69. The van der Waals surface area contributed by atoms with Gasteiger partial charge in [0.25, 0.3) is 0 Å². The second kappa shape index (κ2) is 11.7. The number of aliphatic hydroxyl groups excluding tert-OH is 1. The molecule has 202 valence electrons. The molecular weight excluding hydrogens is 489 g/mol. The van der Waals surface area contributed by atoms with Crippen LogP contribution in [0.3, 0.4) is 0 Å². The Kier molecular flexibility index (Phi) is 8.14. The smallest absolute Gasteiger partial charge is 0.205 e. The molecule has 3 aromatic rings. The van der Waals surface area contributed by atoms with Gasteiger partial charge in [0.2, 0.25) is 5.79 Å². The van der Waals surface area contributed by atoms with E-state index >= 15 is 0 Å². The van der Waals surface area contributed by atoms with Crippen LogP contribution in [0, 0.1) is 5.82 Å². The molecule has 2 N–H and O–H groups in total. The Morgan fingerprint density at radius 2 is 1.82 bits per heavy atom. The Morgan fingerprint density at radius 1 is 1.03 bits per heavy atom. The highest BCUT2D eigenvalue weighted by atomic mass is 19.1. The molecule has 0 saturated carbocycles. The van der Waals surface area contributed by atoms with E-state index < -0.39 is 11.9 Å². The molecule has 0 fully saturated rings. The highest BCUT2D eigenvalue weighted by Gasteiger charge is 2.27. The molecule has 0 amide bonds. The number of ether oxygens (including phenoxy) is 5. The molecule has 8 heteroatoms. The third kappa shape index (κ3) is 6.82. The maximum Gasteiger partial charge on any atom is 0.205 e. The summed E-state index contributed by atoms with van der Waals surface area (Å²) < 4.78 is 42.3. The summed E-state index contributed by atoms with van der Waals surface area (Å²) in [6.45, 7) is 6.53. The lowest BCUT2D eigenvalue weighted by molar-refractivity contribution is -0.180. The Morgan fingerprint density at radius 3 is 2.66 bits per heavy atom. The number of nitrogens with one attached hydrogen (secondary N) is 1. The summed E-state index contributed by atoms with van der Waals surface area (Å²) in [5.41, 5.74) is 3.78. The van der Waals surface area contributed by atoms with Gasteiger partial charge in [0, 0.05) is 26.0 Å². The molecule has 38 heavy (non-hydrogen) atoms. The number of aliphatic hydroxyl groups is 1. The zero-order chi connectivity index (χ0) is 26.5. The van der Waals surface area contributed by atoms with Gasteiger partial charge in [-0.05, 0) is 66.1 Å². The van der Waals surface area contributed by atoms with Gasteiger partial charge in [-0.25, -0.2) is 4.39 Å². The third-order valence-electron chi connectivity index (χ3n) is 6.54. The fourth-order valence-electron chi connectivity index (χ4n) is 4.44. The summed E-state index contributed by atoms with van der Waals surface area (Å²) in [6, 6.07) is 17.9. The predicted molar refractivity (Wildman–Crippen MR) is 140 cm³/mol. The molecule has 0 spiro atoms. The third-order valence-corrected chi connectivity index (χ3v) is 6.54. The summed E-state index contributed by atoms with van der Waals surface area (Å²) in [4.78, 5) is 0. The zero-order valence-corrected chi connectivity index (χ0v) is 21.7. The SMILES string of the molecule is CC1(C)OCc2cc([C@@H](O)CNCCc3ccc4c(c3)O[C@H](COCc3ccc(F)cc3)CO4)ccc2O1. The minimum Gasteiger partial charge on any atom is -0.486 e. The van der Waals surface area contributed by atoms with Crippen molar-refractivity contribution < 1.29 is 33.2 Å². The Bertz CT molecular complexity index is 1230. The molecule has 3 aromatic carbocycles. The van der Waals surface area contributed by atoms with Crippen molar-refractivity contribution in [2.75, 3.05) is 26.3 Å². The quantitative estimate of drug-likeness (QED) is 0.373. The monoisotopic (exact) mass is 523 g/mol. The second-order valence-electron chi connectivity index (χ2n) is 10.1. The molecule has 2 heterocycles. The molecular formula is C30H34FNO6. The van der Waals surface area contributed by atoms with Crippen LogP contribution in [-0.2, 0) is 29.1 Å². The van der Waals surface area contributed by atoms with Crippen LogP contribution in [0.15, 0.2) is 60.7 Å². The van der Waals surface area contributed by atoms with Gasteiger partial charge in [0.15, 0.2) is 17.6 Å². The minimum absolute atomic E-state index is 0.218. The lowest BCUT2D eigenvalue weighted by Crippen LogP contribution is -2.35. The molecule has 2 atom stereocenters. The van der Waals surface area contributed by atoms with Crippen LogP contribution in [0.5, 0.6) is 17.2 Å². The van der Waals surface area contributed by atoms with E-state index in [0.717, 1.165) is 40.2 Å². The summed E-state index contributed by atoms with van der Waals surface area (Å²) in [5.74, 6) is 1.32. The van der Waals surface area contributed by atoms with Gasteiger partial charge >= 0.3 is 0 Å². The van der Waals surface area contributed by atoms with Gasteiger partial charge in [0.05, 0.1) is 25.9 Å². The standard InChI is InChI=1S/C30H34FNO6/c1-30(2)36-17-23-14-22(6-10-27(23)38-30)26(33)15-32-12-11-20-5-9-28-29(13-20)37-25(19-35-28)18-34-16-21-3-7-24(31)8-4-21/h3-10,13-14,25-26,32-33H,11-12,15-19H2,1-2H3/t25-,26+/m1/s1. The first-order chi connectivity index (χ1) is 18.3. The van der Waals surface area contributed by atoms with E-state index in [4.69, 9.17) is 23.7 Å². The largest absolute Gasteiger partial charge is 0.486 e. The maximum atomic E-state index is 13.0. The van der Waals surface area contributed by atoms with E-state index in [-0.39, 0.29) is 11.9 Å². The average Bonchev–Trinajstić information content (AvgIpc) is 2.91. The van der Waals surface area contributed by atoms with Crippen LogP contribution in [0.1, 0.15) is 42.2 Å². The number of benzene rings is 3. The first-order valence-corrected chi connectivity index (χ1v) is 12.9. The average molecular weight is 524 g/mol. The van der Waals surface area contributed by atoms with E-state index in [0.29, 0.717) is 45.3 Å². The van der Waals surface area contributed by atoms with Gasteiger partial charge in [0.1, 0.15) is 18.2 Å². The molecule has 0 aromatic heterocycles. The maximum absolute atomic E-state index is 13.0. The van der Waals surface area contributed by atoms with E-state index in [1.54, 1.807) is 12.1 Å². The van der Waals surface area contributed by atoms with Crippen molar-refractivity contribution in [1.29, 1.82) is 0 Å². The van der Waals surface area contributed by atoms with E-state index in [2.05, 4.69) is 5.32 Å². The topological polar surface area (TPSA) is 78.4 Å². The normalized spacial score (nSPS) is 18.4. The molecule has 7 nitrogen and oxygen atoms in total. The number of hydrogen-bond donors (Lipinski definition) is 2. The fourth-order valence-corrected chi connectivity index (χ4v) is 4.44. The van der Waals surface area contributed by atoms with Crippen LogP contribution in [0.25, 0.3) is 0 Å².